The van der Waals surface area contributed by atoms with Crippen LogP contribution in [0.1, 0.15) is 55.7 Å². The lowest BCUT2D eigenvalue weighted by Gasteiger charge is -2.20. The quantitative estimate of drug-likeness (QED) is 0.267. The second-order valence-electron chi connectivity index (χ2n) is 9.42. The summed E-state index contributed by atoms with van der Waals surface area (Å²) in [5.41, 5.74) is 6.96. The number of ether oxygens (including phenoxy) is 1. The highest BCUT2D eigenvalue weighted by Gasteiger charge is 2.17. The van der Waals surface area contributed by atoms with Crippen LogP contribution in [0.5, 0.6) is 5.75 Å². The number of nitrogens with zero attached hydrogens (tertiary/aromatic N) is 1. The van der Waals surface area contributed by atoms with E-state index in [-0.39, 0.29) is 6.03 Å². The molecular weight excluding hydrogens is 466 g/mol. The Labute approximate surface area is 217 Å². The van der Waals surface area contributed by atoms with E-state index in [1.165, 1.54) is 0 Å². The van der Waals surface area contributed by atoms with Gasteiger partial charge in [-0.15, -0.1) is 11.3 Å². The van der Waals surface area contributed by atoms with Crippen LogP contribution in [0.15, 0.2) is 66.7 Å². The first-order valence-electron chi connectivity index (χ1n) is 12.2. The number of nitrogens with one attached hydrogen (secondary N) is 2. The molecule has 4 aromatic rings. The lowest BCUT2D eigenvalue weighted by atomic mass is 9.93. The molecule has 0 spiro atoms. The van der Waals surface area contributed by atoms with Crippen molar-refractivity contribution in [1.82, 2.24) is 4.98 Å². The van der Waals surface area contributed by atoms with Crippen molar-refractivity contribution in [1.29, 1.82) is 0 Å². The summed E-state index contributed by atoms with van der Waals surface area (Å²) in [5.74, 6) is 1.43. The van der Waals surface area contributed by atoms with E-state index in [9.17, 15) is 4.79 Å². The van der Waals surface area contributed by atoms with Gasteiger partial charge in [0.05, 0.1) is 22.7 Å². The van der Waals surface area contributed by atoms with Gasteiger partial charge in [-0.3, -0.25) is 0 Å². The van der Waals surface area contributed by atoms with Gasteiger partial charge >= 0.3 is 6.03 Å². The first-order chi connectivity index (χ1) is 17.3. The second kappa shape index (κ2) is 11.0. The summed E-state index contributed by atoms with van der Waals surface area (Å²) >= 11 is 1.66. The van der Waals surface area contributed by atoms with E-state index < -0.39 is 0 Å². The Hall–Kier alpha value is -3.64. The van der Waals surface area contributed by atoms with E-state index in [2.05, 4.69) is 56.5 Å². The van der Waals surface area contributed by atoms with Gasteiger partial charge in [0, 0.05) is 16.9 Å². The maximum atomic E-state index is 12.9. The number of rotatable bonds is 7. The summed E-state index contributed by atoms with van der Waals surface area (Å²) in [6.45, 7) is 10.6. The topological polar surface area (TPSA) is 63.2 Å². The average Bonchev–Trinajstić information content (AvgIpc) is 3.25. The van der Waals surface area contributed by atoms with Crippen molar-refractivity contribution in [3.63, 3.8) is 0 Å². The lowest BCUT2D eigenvalue weighted by molar-refractivity contribution is 0.262. The minimum atomic E-state index is -0.245. The molecule has 0 atom stereocenters. The van der Waals surface area contributed by atoms with Gasteiger partial charge in [-0.2, -0.15) is 0 Å². The minimum Gasteiger partial charge on any atom is -0.497 e. The summed E-state index contributed by atoms with van der Waals surface area (Å²) in [4.78, 5) is 18.8. The molecular formula is C30H33N3O2S. The Morgan fingerprint density at radius 1 is 0.833 bits per heavy atom. The van der Waals surface area contributed by atoms with E-state index in [0.717, 1.165) is 55.0 Å². The fourth-order valence-electron chi connectivity index (χ4n) is 4.24. The van der Waals surface area contributed by atoms with Crippen molar-refractivity contribution in [3.8, 4) is 27.4 Å². The van der Waals surface area contributed by atoms with Gasteiger partial charge in [0.2, 0.25) is 0 Å². The minimum absolute atomic E-state index is 0.245. The van der Waals surface area contributed by atoms with Crippen molar-refractivity contribution in [2.75, 3.05) is 17.7 Å². The molecule has 5 nitrogen and oxygen atoms in total. The van der Waals surface area contributed by atoms with Gasteiger partial charge in [-0.25, -0.2) is 9.78 Å². The summed E-state index contributed by atoms with van der Waals surface area (Å²) in [6.07, 6.45) is 0. The highest BCUT2D eigenvalue weighted by atomic mass is 32.1. The van der Waals surface area contributed by atoms with Gasteiger partial charge in [-0.1, -0.05) is 58.0 Å². The van der Waals surface area contributed by atoms with Gasteiger partial charge < -0.3 is 15.4 Å². The van der Waals surface area contributed by atoms with Crippen LogP contribution in [0.4, 0.5) is 16.2 Å². The molecule has 1 aromatic heterocycles. The van der Waals surface area contributed by atoms with Crippen LogP contribution in [-0.2, 0) is 0 Å². The van der Waals surface area contributed by atoms with Crippen LogP contribution < -0.4 is 15.4 Å². The largest absolute Gasteiger partial charge is 0.497 e. The highest BCUT2D eigenvalue weighted by Crippen LogP contribution is 2.38. The van der Waals surface area contributed by atoms with Crippen LogP contribution in [0, 0.1) is 6.92 Å². The molecule has 1 heterocycles. The predicted molar refractivity (Wildman–Crippen MR) is 152 cm³/mol. The molecule has 3 aromatic carbocycles. The summed E-state index contributed by atoms with van der Waals surface area (Å²) in [6, 6.07) is 21.8. The second-order valence-corrected chi connectivity index (χ2v) is 10.6. The molecule has 36 heavy (non-hydrogen) atoms. The Balaban J connectivity index is 1.53. The molecule has 4 rings (SSSR count). The van der Waals surface area contributed by atoms with Crippen molar-refractivity contribution in [3.05, 3.63) is 82.9 Å². The number of amides is 2. The molecule has 0 saturated heterocycles. The fraction of sp³-hybridized carbons (Fsp3) is 0.267. The maximum absolute atomic E-state index is 12.9. The number of urea groups is 1. The molecule has 0 bridgehead atoms. The number of para-hydroxylation sites is 1. The van der Waals surface area contributed by atoms with E-state index in [4.69, 9.17) is 9.72 Å². The maximum Gasteiger partial charge on any atom is 0.323 e. The third-order valence-electron chi connectivity index (χ3n) is 6.11. The highest BCUT2D eigenvalue weighted by molar-refractivity contribution is 7.15. The van der Waals surface area contributed by atoms with Crippen LogP contribution in [0.3, 0.4) is 0 Å². The first kappa shape index (κ1) is 25.5. The van der Waals surface area contributed by atoms with Gasteiger partial charge in [0.1, 0.15) is 5.75 Å². The number of carbonyl (C=O) groups excluding carboxylic acids is 1. The summed E-state index contributed by atoms with van der Waals surface area (Å²) in [5, 5.41) is 7.10. The molecule has 2 amide bonds. The Morgan fingerprint density at radius 3 is 1.97 bits per heavy atom. The van der Waals surface area contributed by atoms with Crippen LogP contribution in [0.2, 0.25) is 0 Å². The Kier molecular flexibility index (Phi) is 7.75. The molecule has 0 aliphatic heterocycles. The number of hydrogen-bond acceptors (Lipinski definition) is 4. The van der Waals surface area contributed by atoms with Crippen LogP contribution in [0.25, 0.3) is 21.7 Å². The molecule has 0 fully saturated rings. The smallest absolute Gasteiger partial charge is 0.323 e. The van der Waals surface area contributed by atoms with Crippen molar-refractivity contribution >= 4 is 28.7 Å². The van der Waals surface area contributed by atoms with Crippen LogP contribution in [-0.4, -0.2) is 18.1 Å². The van der Waals surface area contributed by atoms with Gasteiger partial charge in [0.25, 0.3) is 0 Å². The molecule has 2 N–H and O–H groups in total. The predicted octanol–water partition coefficient (Wildman–Crippen LogP) is 8.68. The number of hydrogen-bond donors (Lipinski definition) is 2. The number of benzene rings is 3. The lowest BCUT2D eigenvalue weighted by Crippen LogP contribution is -2.21. The number of anilines is 2. The van der Waals surface area contributed by atoms with Crippen molar-refractivity contribution in [2.45, 2.75) is 46.5 Å². The SMILES string of the molecule is COc1ccc(-c2nc(C)sc2-c2ccc(NC(=O)Nc3c(C(C)C)cccc3C(C)C)cc2)cc1. The van der Waals surface area contributed by atoms with E-state index in [1.54, 1.807) is 18.4 Å². The first-order valence-corrected chi connectivity index (χ1v) is 13.0. The number of aromatic nitrogens is 1. The van der Waals surface area contributed by atoms with Crippen molar-refractivity contribution in [2.24, 2.45) is 0 Å². The van der Waals surface area contributed by atoms with Crippen molar-refractivity contribution < 1.29 is 9.53 Å². The normalized spacial score (nSPS) is 11.1. The molecule has 186 valence electrons. The standard InChI is InChI=1S/C30H33N3O2S/c1-18(2)25-8-7-9-26(19(3)4)28(25)33-30(34)32-23-14-10-22(11-15-23)29-27(31-20(5)36-29)21-12-16-24(35-6)17-13-21/h7-19H,1-6H3,(H2,32,33,34). The molecule has 0 radical (unpaired) electrons. The number of carbonyl (C=O) groups is 1. The zero-order valence-corrected chi connectivity index (χ0v) is 22.5. The molecule has 0 saturated carbocycles. The molecule has 0 aliphatic carbocycles. The summed E-state index contributed by atoms with van der Waals surface area (Å²) in [7, 11) is 1.66. The van der Waals surface area contributed by atoms with E-state index in [0.29, 0.717) is 11.8 Å². The number of thiazole rings is 1. The zero-order chi connectivity index (χ0) is 25.8. The number of aryl methyl sites for hydroxylation is 1. The fourth-order valence-corrected chi connectivity index (χ4v) is 5.19. The summed E-state index contributed by atoms with van der Waals surface area (Å²) < 4.78 is 5.29. The molecule has 6 heteroatoms. The Morgan fingerprint density at radius 2 is 1.42 bits per heavy atom. The molecule has 0 aliphatic rings. The average molecular weight is 500 g/mol. The van der Waals surface area contributed by atoms with Crippen LogP contribution >= 0.6 is 11.3 Å². The van der Waals surface area contributed by atoms with Gasteiger partial charge in [-0.05, 0) is 71.8 Å². The van der Waals surface area contributed by atoms with E-state index in [1.807, 2.05) is 55.5 Å². The van der Waals surface area contributed by atoms with Gasteiger partial charge in [0.15, 0.2) is 0 Å². The number of methoxy groups -OCH3 is 1. The van der Waals surface area contributed by atoms with E-state index >= 15 is 0 Å². The third-order valence-corrected chi connectivity index (χ3v) is 7.13. The third kappa shape index (κ3) is 5.60. The monoisotopic (exact) mass is 499 g/mol. The molecule has 0 unspecified atom stereocenters. The zero-order valence-electron chi connectivity index (χ0n) is 21.7. The Bertz CT molecular complexity index is 1310.